The van der Waals surface area contributed by atoms with Crippen molar-refractivity contribution in [2.24, 2.45) is 0 Å². The second kappa shape index (κ2) is 5.92. The molecule has 1 aromatic carbocycles. The van der Waals surface area contributed by atoms with Crippen molar-refractivity contribution in [1.82, 2.24) is 0 Å². The number of thioether (sulfide) groups is 1. The molecule has 88 valence electrons. The molecule has 4 heteroatoms. The van der Waals surface area contributed by atoms with Crippen molar-refractivity contribution in [3.8, 4) is 0 Å². The van der Waals surface area contributed by atoms with Gasteiger partial charge in [-0.25, -0.2) is 4.79 Å². The van der Waals surface area contributed by atoms with Gasteiger partial charge in [0.25, 0.3) is 0 Å². The fourth-order valence-corrected chi connectivity index (χ4v) is 2.22. The van der Waals surface area contributed by atoms with Gasteiger partial charge in [-0.3, -0.25) is 0 Å². The molecule has 1 unspecified atom stereocenters. The smallest absolute Gasteiger partial charge is 0.335 e. The fourth-order valence-electron chi connectivity index (χ4n) is 1.23. The third kappa shape index (κ3) is 3.54. The number of aromatic carboxylic acids is 1. The van der Waals surface area contributed by atoms with E-state index in [1.54, 1.807) is 19.1 Å². The number of aliphatic hydroxyl groups excluding tert-OH is 1. The van der Waals surface area contributed by atoms with Crippen molar-refractivity contribution in [2.75, 3.05) is 5.75 Å². The fraction of sp³-hybridized carbons (Fsp3) is 0.417. The number of carboxylic acids is 1. The van der Waals surface area contributed by atoms with Crippen molar-refractivity contribution in [1.29, 1.82) is 0 Å². The van der Waals surface area contributed by atoms with Crippen molar-refractivity contribution >= 4 is 17.7 Å². The number of benzene rings is 1. The van der Waals surface area contributed by atoms with Gasteiger partial charge in [-0.1, -0.05) is 13.0 Å². The first kappa shape index (κ1) is 13.1. The van der Waals surface area contributed by atoms with E-state index in [9.17, 15) is 9.90 Å². The van der Waals surface area contributed by atoms with Crippen LogP contribution in [-0.2, 0) is 0 Å². The van der Waals surface area contributed by atoms with Crippen LogP contribution >= 0.6 is 11.8 Å². The Morgan fingerprint density at radius 3 is 2.75 bits per heavy atom. The van der Waals surface area contributed by atoms with Crippen LogP contribution in [0.1, 0.15) is 29.3 Å². The lowest BCUT2D eigenvalue weighted by molar-refractivity contribution is 0.0696. The quantitative estimate of drug-likeness (QED) is 0.777. The van der Waals surface area contributed by atoms with Crippen LogP contribution in [0.25, 0.3) is 0 Å². The van der Waals surface area contributed by atoms with Crippen molar-refractivity contribution in [3.05, 3.63) is 29.3 Å². The second-order valence-electron chi connectivity index (χ2n) is 3.65. The minimum atomic E-state index is -0.906. The number of aryl methyl sites for hydroxylation is 1. The number of rotatable bonds is 5. The molecule has 0 bridgehead atoms. The van der Waals surface area contributed by atoms with E-state index in [2.05, 4.69) is 0 Å². The Hall–Kier alpha value is -1.00. The highest BCUT2D eigenvalue weighted by Gasteiger charge is 2.09. The molecular weight excluding hydrogens is 224 g/mol. The summed E-state index contributed by atoms with van der Waals surface area (Å²) < 4.78 is 0. The third-order valence-electron chi connectivity index (χ3n) is 2.35. The summed E-state index contributed by atoms with van der Waals surface area (Å²) in [5.74, 6) is -0.311. The predicted molar refractivity (Wildman–Crippen MR) is 65.2 cm³/mol. The van der Waals surface area contributed by atoms with Gasteiger partial charge in [-0.05, 0) is 31.0 Å². The minimum Gasteiger partial charge on any atom is -0.478 e. The third-order valence-corrected chi connectivity index (χ3v) is 3.49. The Labute approximate surface area is 99.5 Å². The first-order valence-electron chi connectivity index (χ1n) is 5.19. The Morgan fingerprint density at radius 1 is 1.50 bits per heavy atom. The molecule has 0 fully saturated rings. The maximum absolute atomic E-state index is 10.9. The van der Waals surface area contributed by atoms with E-state index < -0.39 is 5.97 Å². The van der Waals surface area contributed by atoms with Gasteiger partial charge in [0.2, 0.25) is 0 Å². The van der Waals surface area contributed by atoms with E-state index in [-0.39, 0.29) is 6.10 Å². The lowest BCUT2D eigenvalue weighted by Gasteiger charge is -2.08. The summed E-state index contributed by atoms with van der Waals surface area (Å²) in [4.78, 5) is 11.8. The lowest BCUT2D eigenvalue weighted by Crippen LogP contribution is -2.07. The standard InChI is InChI=1S/C12H16O3S/c1-3-9(13)7-16-10-5-4-8(2)11(6-10)12(14)15/h4-6,9,13H,3,7H2,1-2H3,(H,14,15). The number of aliphatic hydroxyl groups is 1. The highest BCUT2D eigenvalue weighted by atomic mass is 32.2. The van der Waals surface area contributed by atoms with E-state index in [4.69, 9.17) is 5.11 Å². The molecule has 1 atom stereocenters. The molecule has 0 aliphatic rings. The molecule has 0 spiro atoms. The van der Waals surface area contributed by atoms with Gasteiger partial charge in [-0.15, -0.1) is 11.8 Å². The number of carboxylic acid groups (broad SMARTS) is 1. The Kier molecular flexibility index (Phi) is 4.83. The van der Waals surface area contributed by atoms with Crippen LogP contribution in [0, 0.1) is 6.92 Å². The van der Waals surface area contributed by atoms with Gasteiger partial charge in [0, 0.05) is 10.6 Å². The minimum absolute atomic E-state index is 0.330. The van der Waals surface area contributed by atoms with Crippen LogP contribution < -0.4 is 0 Å². The van der Waals surface area contributed by atoms with Gasteiger partial charge in [0.15, 0.2) is 0 Å². The molecule has 0 saturated carbocycles. The van der Waals surface area contributed by atoms with Crippen LogP contribution in [0.4, 0.5) is 0 Å². The molecule has 0 heterocycles. The van der Waals surface area contributed by atoms with Gasteiger partial charge >= 0.3 is 5.97 Å². The summed E-state index contributed by atoms with van der Waals surface area (Å²) in [6.07, 6.45) is 0.379. The summed E-state index contributed by atoms with van der Waals surface area (Å²) in [5, 5.41) is 18.4. The van der Waals surface area contributed by atoms with Crippen molar-refractivity contribution in [2.45, 2.75) is 31.3 Å². The SMILES string of the molecule is CCC(O)CSc1ccc(C)c(C(=O)O)c1. The normalized spacial score (nSPS) is 12.4. The summed E-state index contributed by atoms with van der Waals surface area (Å²) in [6.45, 7) is 3.70. The highest BCUT2D eigenvalue weighted by molar-refractivity contribution is 7.99. The molecular formula is C12H16O3S. The molecule has 1 rings (SSSR count). The maximum Gasteiger partial charge on any atom is 0.335 e. The monoisotopic (exact) mass is 240 g/mol. The molecule has 0 saturated heterocycles. The van der Waals surface area contributed by atoms with E-state index in [1.165, 1.54) is 11.8 Å². The van der Waals surface area contributed by atoms with Gasteiger partial charge in [-0.2, -0.15) is 0 Å². The molecule has 0 amide bonds. The van der Waals surface area contributed by atoms with Gasteiger partial charge < -0.3 is 10.2 Å². The Morgan fingerprint density at radius 2 is 2.19 bits per heavy atom. The molecule has 0 radical (unpaired) electrons. The van der Waals surface area contributed by atoms with E-state index in [1.807, 2.05) is 13.0 Å². The Bertz CT molecular complexity index is 377. The summed E-state index contributed by atoms with van der Waals surface area (Å²) in [5.41, 5.74) is 1.09. The molecule has 0 aliphatic heterocycles. The number of hydrogen-bond donors (Lipinski definition) is 2. The summed E-state index contributed by atoms with van der Waals surface area (Å²) >= 11 is 1.48. The van der Waals surface area contributed by atoms with E-state index >= 15 is 0 Å². The zero-order chi connectivity index (χ0) is 12.1. The highest BCUT2D eigenvalue weighted by Crippen LogP contribution is 2.22. The van der Waals surface area contributed by atoms with Crippen LogP contribution in [-0.4, -0.2) is 28.0 Å². The molecule has 16 heavy (non-hydrogen) atoms. The van der Waals surface area contributed by atoms with Crippen LogP contribution in [0.3, 0.4) is 0 Å². The van der Waals surface area contributed by atoms with Crippen molar-refractivity contribution < 1.29 is 15.0 Å². The number of hydrogen-bond acceptors (Lipinski definition) is 3. The molecule has 3 nitrogen and oxygen atoms in total. The first-order valence-corrected chi connectivity index (χ1v) is 6.18. The second-order valence-corrected chi connectivity index (χ2v) is 4.75. The zero-order valence-corrected chi connectivity index (χ0v) is 10.3. The topological polar surface area (TPSA) is 57.5 Å². The zero-order valence-electron chi connectivity index (χ0n) is 9.43. The van der Waals surface area contributed by atoms with E-state index in [0.29, 0.717) is 17.7 Å². The average molecular weight is 240 g/mol. The molecule has 2 N–H and O–H groups in total. The van der Waals surface area contributed by atoms with Crippen LogP contribution in [0.15, 0.2) is 23.1 Å². The van der Waals surface area contributed by atoms with Gasteiger partial charge in [0.05, 0.1) is 11.7 Å². The molecule has 1 aromatic rings. The molecule has 0 aliphatic carbocycles. The summed E-state index contributed by atoms with van der Waals surface area (Å²) in [6, 6.07) is 5.34. The first-order chi connectivity index (χ1) is 7.54. The number of carbonyl (C=O) groups is 1. The maximum atomic E-state index is 10.9. The molecule has 0 aromatic heterocycles. The van der Waals surface area contributed by atoms with Crippen molar-refractivity contribution in [3.63, 3.8) is 0 Å². The lowest BCUT2D eigenvalue weighted by atomic mass is 10.1. The van der Waals surface area contributed by atoms with Crippen LogP contribution in [0.5, 0.6) is 0 Å². The van der Waals surface area contributed by atoms with E-state index in [0.717, 1.165) is 10.5 Å². The summed E-state index contributed by atoms with van der Waals surface area (Å²) in [7, 11) is 0. The van der Waals surface area contributed by atoms with Gasteiger partial charge in [0.1, 0.15) is 0 Å². The van der Waals surface area contributed by atoms with Crippen LogP contribution in [0.2, 0.25) is 0 Å². The predicted octanol–water partition coefficient (Wildman–Crippen LogP) is 2.56. The Balaban J connectivity index is 2.75. The average Bonchev–Trinajstić information content (AvgIpc) is 2.27. The largest absolute Gasteiger partial charge is 0.478 e.